The van der Waals surface area contributed by atoms with Crippen LogP contribution in [0.1, 0.15) is 11.6 Å². The van der Waals surface area contributed by atoms with Crippen molar-refractivity contribution < 1.29 is 4.79 Å². The van der Waals surface area contributed by atoms with Gasteiger partial charge in [-0.05, 0) is 28.8 Å². The summed E-state index contributed by atoms with van der Waals surface area (Å²) in [6, 6.07) is 15.2. The average molecular weight is 360 g/mol. The number of halogens is 1. The summed E-state index contributed by atoms with van der Waals surface area (Å²) < 4.78 is 0. The zero-order chi connectivity index (χ0) is 16.5. The molecule has 2 aromatic rings. The van der Waals surface area contributed by atoms with Crippen molar-refractivity contribution in [3.05, 3.63) is 48.0 Å². The number of amides is 1. The highest BCUT2D eigenvalue weighted by Gasteiger charge is 2.19. The Kier molecular flexibility index (Phi) is 5.13. The van der Waals surface area contributed by atoms with Gasteiger partial charge in [0.15, 0.2) is 0 Å². The van der Waals surface area contributed by atoms with Crippen LogP contribution in [0.4, 0.5) is 11.4 Å². The van der Waals surface area contributed by atoms with E-state index in [9.17, 15) is 4.79 Å². The largest absolute Gasteiger partial charge is 0.342 e. The van der Waals surface area contributed by atoms with Crippen molar-refractivity contribution in [3.8, 4) is 11.1 Å². The zero-order valence-electron chi connectivity index (χ0n) is 14.0. The van der Waals surface area contributed by atoms with Gasteiger partial charge in [0, 0.05) is 32.7 Å². The third-order valence-corrected chi connectivity index (χ3v) is 4.72. The molecule has 0 spiro atoms. The zero-order valence-corrected chi connectivity index (χ0v) is 14.8. The molecule has 132 valence electrons. The lowest BCUT2D eigenvalue weighted by Crippen LogP contribution is -2.44. The van der Waals surface area contributed by atoms with Gasteiger partial charge >= 0.3 is 0 Å². The van der Waals surface area contributed by atoms with Gasteiger partial charge in [-0.1, -0.05) is 30.3 Å². The number of nitrogens with one attached hydrogen (secondary N) is 3. The number of rotatable bonds is 3. The van der Waals surface area contributed by atoms with Crippen LogP contribution >= 0.6 is 12.4 Å². The Morgan fingerprint density at radius 1 is 1.12 bits per heavy atom. The Morgan fingerprint density at radius 2 is 1.88 bits per heavy atom. The molecule has 0 saturated carbocycles. The first kappa shape index (κ1) is 17.5. The van der Waals surface area contributed by atoms with Crippen molar-refractivity contribution in [3.63, 3.8) is 0 Å². The van der Waals surface area contributed by atoms with Crippen molar-refractivity contribution in [2.45, 2.75) is 6.04 Å². The maximum atomic E-state index is 11.0. The molecule has 1 atom stereocenters. The normalized spacial score (nSPS) is 19.0. The van der Waals surface area contributed by atoms with Crippen molar-refractivity contribution in [1.82, 2.24) is 15.8 Å². The molecule has 7 heteroatoms. The van der Waals surface area contributed by atoms with Crippen LogP contribution < -0.4 is 21.3 Å². The molecule has 3 N–H and O–H groups in total. The summed E-state index contributed by atoms with van der Waals surface area (Å²) in [5.74, 6) is 0. The third kappa shape index (κ3) is 3.42. The first-order valence-electron chi connectivity index (χ1n) is 8.17. The molecule has 2 aliphatic rings. The fourth-order valence-electron chi connectivity index (χ4n) is 3.31. The van der Waals surface area contributed by atoms with Crippen LogP contribution in [0.2, 0.25) is 0 Å². The van der Waals surface area contributed by atoms with Gasteiger partial charge in [-0.3, -0.25) is 9.80 Å². The van der Waals surface area contributed by atoms with E-state index in [4.69, 9.17) is 0 Å². The summed E-state index contributed by atoms with van der Waals surface area (Å²) in [7, 11) is 1.98. The smallest absolute Gasteiger partial charge is 0.209 e. The molecule has 25 heavy (non-hydrogen) atoms. The SMILES string of the molecule is CN1NNc2cc(-c3ccc(C4CN(C=O)CCN4)cc3)ccc21.Cl. The van der Waals surface area contributed by atoms with Crippen LogP contribution in [0.5, 0.6) is 0 Å². The van der Waals surface area contributed by atoms with Gasteiger partial charge in [-0.15, -0.1) is 17.9 Å². The molecular weight excluding hydrogens is 338 g/mol. The molecule has 4 rings (SSSR count). The minimum absolute atomic E-state index is 0. The molecule has 0 bridgehead atoms. The molecule has 1 fully saturated rings. The molecule has 1 saturated heterocycles. The second-order valence-electron chi connectivity index (χ2n) is 6.26. The standard InChI is InChI=1S/C18H21N5O.ClH/c1-22-18-7-6-15(10-16(18)20-21-22)13-2-4-14(5-3-13)17-11-23(12-24)9-8-19-17;/h2-7,10,12,17,19-21H,8-9,11H2,1H3;1H. The minimum Gasteiger partial charge on any atom is -0.342 e. The highest BCUT2D eigenvalue weighted by molar-refractivity contribution is 5.85. The molecule has 2 heterocycles. The van der Waals surface area contributed by atoms with E-state index in [-0.39, 0.29) is 18.4 Å². The van der Waals surface area contributed by atoms with Gasteiger partial charge in [-0.25, -0.2) is 0 Å². The predicted octanol–water partition coefficient (Wildman–Crippen LogP) is 2.16. The molecule has 0 aromatic heterocycles. The quantitative estimate of drug-likeness (QED) is 0.733. The van der Waals surface area contributed by atoms with Crippen LogP contribution in [0.3, 0.4) is 0 Å². The first-order valence-corrected chi connectivity index (χ1v) is 8.17. The minimum atomic E-state index is 0. The van der Waals surface area contributed by atoms with Gasteiger partial charge in [0.25, 0.3) is 0 Å². The van der Waals surface area contributed by atoms with Crippen molar-refractivity contribution in [1.29, 1.82) is 0 Å². The van der Waals surface area contributed by atoms with Gasteiger partial charge in [0.1, 0.15) is 0 Å². The second-order valence-corrected chi connectivity index (χ2v) is 6.26. The maximum absolute atomic E-state index is 11.0. The molecule has 2 aromatic carbocycles. The number of hydrogen-bond donors (Lipinski definition) is 3. The number of anilines is 2. The lowest BCUT2D eigenvalue weighted by Gasteiger charge is -2.31. The van der Waals surface area contributed by atoms with Crippen LogP contribution in [-0.4, -0.2) is 38.0 Å². The number of carbonyl (C=O) groups is 1. The first-order chi connectivity index (χ1) is 11.7. The molecule has 1 unspecified atom stereocenters. The van der Waals surface area contributed by atoms with Gasteiger partial charge in [0.05, 0.1) is 11.4 Å². The van der Waals surface area contributed by atoms with E-state index in [0.717, 1.165) is 37.4 Å². The maximum Gasteiger partial charge on any atom is 0.209 e. The number of fused-ring (bicyclic) bond motifs is 1. The average Bonchev–Trinajstić information content (AvgIpc) is 3.02. The summed E-state index contributed by atoms with van der Waals surface area (Å²) in [5.41, 5.74) is 12.0. The highest BCUT2D eigenvalue weighted by Crippen LogP contribution is 2.33. The van der Waals surface area contributed by atoms with Crippen molar-refractivity contribution >= 4 is 30.2 Å². The second kappa shape index (κ2) is 7.31. The number of hydrazine groups is 2. The number of carbonyl (C=O) groups excluding carboxylic acids is 1. The topological polar surface area (TPSA) is 59.6 Å². The van der Waals surface area contributed by atoms with Crippen molar-refractivity contribution in [2.24, 2.45) is 0 Å². The van der Waals surface area contributed by atoms with E-state index in [2.05, 4.69) is 58.7 Å². The van der Waals surface area contributed by atoms with Crippen LogP contribution in [-0.2, 0) is 4.79 Å². The lowest BCUT2D eigenvalue weighted by molar-refractivity contribution is -0.119. The van der Waals surface area contributed by atoms with E-state index < -0.39 is 0 Å². The predicted molar refractivity (Wildman–Crippen MR) is 103 cm³/mol. The molecule has 0 aliphatic carbocycles. The van der Waals surface area contributed by atoms with E-state index in [1.54, 1.807) is 0 Å². The molecule has 0 radical (unpaired) electrons. The Labute approximate surface area is 153 Å². The molecule has 2 aliphatic heterocycles. The Hall–Kier alpha value is -2.28. The van der Waals surface area contributed by atoms with Crippen molar-refractivity contribution in [2.75, 3.05) is 37.1 Å². The summed E-state index contributed by atoms with van der Waals surface area (Å²) in [6.45, 7) is 2.34. The Balaban J connectivity index is 0.00000182. The Morgan fingerprint density at radius 3 is 2.64 bits per heavy atom. The number of piperazine rings is 1. The Bertz CT molecular complexity index is 752. The third-order valence-electron chi connectivity index (χ3n) is 4.72. The summed E-state index contributed by atoms with van der Waals surface area (Å²) >= 11 is 0. The van der Waals surface area contributed by atoms with E-state index in [0.29, 0.717) is 0 Å². The van der Waals surface area contributed by atoms with Crippen LogP contribution in [0.25, 0.3) is 11.1 Å². The van der Waals surface area contributed by atoms with Crippen LogP contribution in [0.15, 0.2) is 42.5 Å². The van der Waals surface area contributed by atoms with E-state index in [1.165, 1.54) is 16.7 Å². The number of nitrogens with zero attached hydrogens (tertiary/aromatic N) is 2. The summed E-state index contributed by atoms with van der Waals surface area (Å²) in [4.78, 5) is 12.8. The van der Waals surface area contributed by atoms with E-state index >= 15 is 0 Å². The van der Waals surface area contributed by atoms with Crippen LogP contribution in [0, 0.1) is 0 Å². The van der Waals surface area contributed by atoms with Gasteiger partial charge in [0.2, 0.25) is 6.41 Å². The number of hydrogen-bond acceptors (Lipinski definition) is 5. The monoisotopic (exact) mass is 359 g/mol. The summed E-state index contributed by atoms with van der Waals surface area (Å²) in [5, 5.41) is 5.43. The lowest BCUT2D eigenvalue weighted by atomic mass is 9.99. The van der Waals surface area contributed by atoms with Gasteiger partial charge < -0.3 is 15.6 Å². The fourth-order valence-corrected chi connectivity index (χ4v) is 3.31. The fraction of sp³-hybridized carbons (Fsp3) is 0.278. The summed E-state index contributed by atoms with van der Waals surface area (Å²) in [6.07, 6.45) is 0.935. The molecule has 6 nitrogen and oxygen atoms in total. The highest BCUT2D eigenvalue weighted by atomic mass is 35.5. The molecular formula is C18H22ClN5O. The molecule has 1 amide bonds. The van der Waals surface area contributed by atoms with E-state index in [1.807, 2.05) is 17.0 Å². The number of benzene rings is 2. The van der Waals surface area contributed by atoms with Gasteiger partial charge in [-0.2, -0.15) is 0 Å².